The first kappa shape index (κ1) is 30.2. The Hall–Kier alpha value is -2.31. The maximum atomic E-state index is 13.8. The van der Waals surface area contributed by atoms with Crippen LogP contribution >= 0.6 is 11.8 Å². The van der Waals surface area contributed by atoms with Crippen LogP contribution in [0.2, 0.25) is 0 Å². The maximum Gasteiger partial charge on any atom is 0.238 e. The number of rotatable bonds is 8. The van der Waals surface area contributed by atoms with Gasteiger partial charge in [-0.3, -0.25) is 4.79 Å². The number of aliphatic hydroxyl groups is 4. The van der Waals surface area contributed by atoms with Crippen LogP contribution in [0.25, 0.3) is 11.3 Å². The van der Waals surface area contributed by atoms with Crippen LogP contribution in [-0.4, -0.2) is 127 Å². The highest BCUT2D eigenvalue weighted by Gasteiger charge is 2.52. The van der Waals surface area contributed by atoms with Crippen molar-refractivity contribution >= 4 is 17.7 Å². The number of aromatic nitrogens is 3. The van der Waals surface area contributed by atoms with Gasteiger partial charge >= 0.3 is 0 Å². The molecule has 16 heteroatoms. The highest BCUT2D eigenvalue weighted by atomic mass is 32.2. The van der Waals surface area contributed by atoms with Crippen LogP contribution in [0.4, 0.5) is 13.2 Å². The van der Waals surface area contributed by atoms with Crippen molar-refractivity contribution in [3.05, 3.63) is 35.8 Å². The molecule has 41 heavy (non-hydrogen) atoms. The molecule has 2 aromatic rings. The molecule has 0 unspecified atom stereocenters. The standard InChI is InChI=1S/C25H31F3N4O8S/c1-31(13-10-39-11-13)23(36)22(25(37)2-4-38-5-3-25)41-24-21(35)19(20(34)17(9-33)40-24)32-8-16(29-30-32)12-6-14(26)18(28)15(27)7-12/h6-8,13,17,19-22,24,33-35,37H,2-5,9-11H2,1H3/t17-,19+,20+,21-,22+,24+/m1/s1. The Morgan fingerprint density at radius 1 is 1.17 bits per heavy atom. The minimum absolute atomic E-state index is 0.0765. The van der Waals surface area contributed by atoms with E-state index in [2.05, 4.69) is 10.3 Å². The van der Waals surface area contributed by atoms with Crippen LogP contribution < -0.4 is 0 Å². The zero-order valence-electron chi connectivity index (χ0n) is 22.0. The molecule has 1 aromatic heterocycles. The van der Waals surface area contributed by atoms with Gasteiger partial charge in [0.1, 0.15) is 40.7 Å². The van der Waals surface area contributed by atoms with E-state index in [1.165, 1.54) is 11.1 Å². The summed E-state index contributed by atoms with van der Waals surface area (Å²) in [7, 11) is 1.60. The lowest BCUT2D eigenvalue weighted by Crippen LogP contribution is -2.60. The molecule has 0 radical (unpaired) electrons. The molecule has 5 rings (SSSR count). The molecule has 0 saturated carbocycles. The van der Waals surface area contributed by atoms with Crippen LogP contribution in [-0.2, 0) is 19.0 Å². The average Bonchev–Trinajstić information content (AvgIpc) is 3.40. The molecule has 1 amide bonds. The fourth-order valence-corrected chi connectivity index (χ4v) is 6.67. The number of halogens is 3. The normalized spacial score (nSPS) is 29.1. The van der Waals surface area contributed by atoms with Crippen LogP contribution in [0.15, 0.2) is 18.3 Å². The van der Waals surface area contributed by atoms with E-state index in [4.69, 9.17) is 14.2 Å². The van der Waals surface area contributed by atoms with Gasteiger partial charge in [-0.1, -0.05) is 5.21 Å². The Bertz CT molecular complexity index is 1220. The van der Waals surface area contributed by atoms with E-state index in [9.17, 15) is 38.4 Å². The van der Waals surface area contributed by atoms with Gasteiger partial charge in [-0.2, -0.15) is 0 Å². The topological polar surface area (TPSA) is 160 Å². The van der Waals surface area contributed by atoms with Gasteiger partial charge in [0.15, 0.2) is 17.5 Å². The second-order valence-corrected chi connectivity index (χ2v) is 11.6. The highest BCUT2D eigenvalue weighted by Crippen LogP contribution is 2.42. The molecule has 12 nitrogen and oxygen atoms in total. The van der Waals surface area contributed by atoms with E-state index >= 15 is 0 Å². The van der Waals surface area contributed by atoms with Crippen molar-refractivity contribution in [2.24, 2.45) is 0 Å². The zero-order valence-corrected chi connectivity index (χ0v) is 22.8. The number of aliphatic hydroxyl groups excluding tert-OH is 3. The van der Waals surface area contributed by atoms with Gasteiger partial charge in [-0.25, -0.2) is 17.9 Å². The number of carbonyl (C=O) groups excluding carboxylic acids is 1. The summed E-state index contributed by atoms with van der Waals surface area (Å²) in [6.07, 6.45) is -2.79. The summed E-state index contributed by atoms with van der Waals surface area (Å²) in [6, 6.07) is -0.00572. The van der Waals surface area contributed by atoms with Gasteiger partial charge in [-0.05, 0) is 12.1 Å². The van der Waals surface area contributed by atoms with Gasteiger partial charge < -0.3 is 39.5 Å². The van der Waals surface area contributed by atoms with Crippen molar-refractivity contribution in [3.8, 4) is 11.3 Å². The molecule has 4 N–H and O–H groups in total. The fraction of sp³-hybridized carbons (Fsp3) is 0.640. The maximum absolute atomic E-state index is 13.8. The molecule has 226 valence electrons. The number of hydrogen-bond acceptors (Lipinski definition) is 11. The molecule has 0 bridgehead atoms. The van der Waals surface area contributed by atoms with E-state index in [1.54, 1.807) is 7.05 Å². The molecule has 3 fully saturated rings. The summed E-state index contributed by atoms with van der Waals surface area (Å²) in [5.41, 5.74) is -2.95. The second kappa shape index (κ2) is 12.1. The molecule has 0 aliphatic carbocycles. The smallest absolute Gasteiger partial charge is 0.238 e. The Morgan fingerprint density at radius 2 is 1.83 bits per heavy atom. The predicted molar refractivity (Wildman–Crippen MR) is 136 cm³/mol. The third-order valence-corrected chi connectivity index (χ3v) is 9.37. The molecule has 6 atom stereocenters. The molecule has 3 aliphatic rings. The number of nitrogens with zero attached hydrogens (tertiary/aromatic N) is 4. The third kappa shape index (κ3) is 5.84. The first-order valence-electron chi connectivity index (χ1n) is 13.0. The lowest BCUT2D eigenvalue weighted by molar-refractivity contribution is -0.179. The van der Waals surface area contributed by atoms with E-state index in [-0.39, 0.29) is 43.4 Å². The molecule has 4 heterocycles. The number of benzene rings is 1. The first-order valence-corrected chi connectivity index (χ1v) is 14.0. The van der Waals surface area contributed by atoms with Gasteiger partial charge in [0.05, 0.1) is 37.7 Å². The summed E-state index contributed by atoms with van der Waals surface area (Å²) in [5.74, 6) is -4.92. The predicted octanol–water partition coefficient (Wildman–Crippen LogP) is -0.157. The summed E-state index contributed by atoms with van der Waals surface area (Å²) in [4.78, 5) is 15.2. The van der Waals surface area contributed by atoms with Gasteiger partial charge in [0, 0.05) is 38.7 Å². The lowest BCUT2D eigenvalue weighted by atomic mass is 9.89. The Kier molecular flexibility index (Phi) is 8.92. The van der Waals surface area contributed by atoms with Crippen molar-refractivity contribution in [3.63, 3.8) is 0 Å². The summed E-state index contributed by atoms with van der Waals surface area (Å²) < 4.78 is 58.5. The van der Waals surface area contributed by atoms with Crippen molar-refractivity contribution < 1.29 is 52.6 Å². The van der Waals surface area contributed by atoms with Gasteiger partial charge in [0.25, 0.3) is 0 Å². The van der Waals surface area contributed by atoms with Gasteiger partial charge in [0.2, 0.25) is 5.91 Å². The van der Waals surface area contributed by atoms with Crippen molar-refractivity contribution in [1.82, 2.24) is 19.9 Å². The molecular formula is C25H31F3N4O8S. The first-order chi connectivity index (χ1) is 19.5. The van der Waals surface area contributed by atoms with E-state index in [1.807, 2.05) is 0 Å². The van der Waals surface area contributed by atoms with Crippen LogP contribution in [0.3, 0.4) is 0 Å². The monoisotopic (exact) mass is 604 g/mol. The number of ether oxygens (including phenoxy) is 3. The summed E-state index contributed by atoms with van der Waals surface area (Å²) in [6.45, 7) is 0.478. The minimum atomic E-state index is -1.65. The lowest BCUT2D eigenvalue weighted by Gasteiger charge is -2.46. The van der Waals surface area contributed by atoms with E-state index < -0.39 is 70.6 Å². The number of carbonyl (C=O) groups is 1. The minimum Gasteiger partial charge on any atom is -0.394 e. The van der Waals surface area contributed by atoms with Crippen LogP contribution in [0.5, 0.6) is 0 Å². The fourth-order valence-electron chi connectivity index (χ4n) is 5.10. The Morgan fingerprint density at radius 3 is 2.41 bits per heavy atom. The van der Waals surface area contributed by atoms with Crippen molar-refractivity contribution in [1.29, 1.82) is 0 Å². The van der Waals surface area contributed by atoms with Crippen LogP contribution in [0.1, 0.15) is 18.9 Å². The molecule has 1 aromatic carbocycles. The number of amides is 1. The highest BCUT2D eigenvalue weighted by molar-refractivity contribution is 8.01. The third-order valence-electron chi connectivity index (χ3n) is 7.80. The summed E-state index contributed by atoms with van der Waals surface area (Å²) >= 11 is 0.861. The summed E-state index contributed by atoms with van der Waals surface area (Å²) in [5, 5.41) is 50.5. The molecule has 3 saturated heterocycles. The van der Waals surface area contributed by atoms with Gasteiger partial charge in [-0.15, -0.1) is 16.9 Å². The van der Waals surface area contributed by atoms with E-state index in [0.717, 1.165) is 28.6 Å². The largest absolute Gasteiger partial charge is 0.394 e. The van der Waals surface area contributed by atoms with Crippen molar-refractivity contribution in [2.75, 3.05) is 40.1 Å². The quantitative estimate of drug-likeness (QED) is 0.297. The molecular weight excluding hydrogens is 573 g/mol. The molecule has 0 spiro atoms. The number of hydrogen-bond donors (Lipinski definition) is 4. The SMILES string of the molecule is CN(C(=O)[C@H](S[C@@H]1O[C@H](CO)[C@H](O)[C@H](n2cc(-c3cc(F)c(F)c(F)c3)nn2)[C@H]1O)C1(O)CCOCC1)C1COC1. The van der Waals surface area contributed by atoms with E-state index in [0.29, 0.717) is 13.2 Å². The van der Waals surface area contributed by atoms with Crippen LogP contribution in [0, 0.1) is 17.5 Å². The number of likely N-dealkylation sites (N-methyl/N-ethyl adjacent to an activating group) is 1. The second-order valence-electron chi connectivity index (χ2n) is 10.4. The molecule has 3 aliphatic heterocycles. The average molecular weight is 605 g/mol. The number of thioether (sulfide) groups is 1. The Labute approximate surface area is 237 Å². The Balaban J connectivity index is 1.43. The zero-order chi connectivity index (χ0) is 29.5. The van der Waals surface area contributed by atoms with Crippen molar-refractivity contribution in [2.45, 2.75) is 59.5 Å².